The number of ketones is 1. The van der Waals surface area contributed by atoms with E-state index in [2.05, 4.69) is 0 Å². The van der Waals surface area contributed by atoms with Crippen LogP contribution in [0.15, 0.2) is 0 Å². The van der Waals surface area contributed by atoms with Gasteiger partial charge < -0.3 is 4.48 Å². The largest absolute Gasteiger partial charge is 0.325 e. The molecule has 0 unspecified atom stereocenters. The number of hydrogen-bond donors (Lipinski definition) is 0. The second-order valence-electron chi connectivity index (χ2n) is 3.15. The molecule has 2 nitrogen and oxygen atoms in total. The second kappa shape index (κ2) is 2.27. The fourth-order valence-corrected chi connectivity index (χ4v) is 0.668. The van der Waals surface area contributed by atoms with Crippen LogP contribution in [0.25, 0.3) is 0 Å². The molecule has 0 aromatic rings. The van der Waals surface area contributed by atoms with Gasteiger partial charge in [-0.1, -0.05) is 0 Å². The Bertz CT molecular complexity index is 91.2. The predicted octanol–water partition coefficient (Wildman–Crippen LogP) is 0.282. The first-order valence-corrected chi connectivity index (χ1v) is 2.72. The Morgan fingerprint density at radius 2 is 1.75 bits per heavy atom. The lowest BCUT2D eigenvalue weighted by atomic mass is 10.4. The molecule has 0 atom stereocenters. The number of carbonyl (C=O) groups is 1. The number of likely N-dealkylation sites (N-methyl/N-ethyl adjacent to an activating group) is 1. The molecule has 0 amide bonds. The van der Waals surface area contributed by atoms with Crippen molar-refractivity contribution < 1.29 is 9.28 Å². The van der Waals surface area contributed by atoms with Crippen LogP contribution in [-0.4, -0.2) is 38.0 Å². The number of nitrogens with zero attached hydrogens (tertiary/aromatic N) is 1. The van der Waals surface area contributed by atoms with E-state index in [0.717, 1.165) is 4.48 Å². The highest BCUT2D eigenvalue weighted by atomic mass is 16.1. The van der Waals surface area contributed by atoms with Gasteiger partial charge in [-0.3, -0.25) is 4.79 Å². The summed E-state index contributed by atoms with van der Waals surface area (Å²) in [5, 5.41) is 0. The molecule has 0 radical (unpaired) electrons. The van der Waals surface area contributed by atoms with Gasteiger partial charge in [0.2, 0.25) is 0 Å². The molecule has 0 N–H and O–H groups in total. The Morgan fingerprint density at radius 1 is 1.38 bits per heavy atom. The van der Waals surface area contributed by atoms with E-state index < -0.39 is 0 Å². The SMILES string of the molecule is CC(=O)C[N+](C)(C)C. The third-order valence-corrected chi connectivity index (χ3v) is 0.697. The van der Waals surface area contributed by atoms with Crippen molar-refractivity contribution in [2.45, 2.75) is 6.92 Å². The highest BCUT2D eigenvalue weighted by Gasteiger charge is 2.08. The summed E-state index contributed by atoms with van der Waals surface area (Å²) in [7, 11) is 6.00. The van der Waals surface area contributed by atoms with Crippen LogP contribution in [-0.2, 0) is 4.79 Å². The summed E-state index contributed by atoms with van der Waals surface area (Å²) in [6.07, 6.45) is 0. The van der Waals surface area contributed by atoms with Crippen molar-refractivity contribution in [2.24, 2.45) is 0 Å². The van der Waals surface area contributed by atoms with Crippen molar-refractivity contribution in [1.29, 1.82) is 0 Å². The van der Waals surface area contributed by atoms with Crippen LogP contribution in [0.5, 0.6) is 0 Å². The molecule has 0 aromatic heterocycles. The third-order valence-electron chi connectivity index (χ3n) is 0.697. The van der Waals surface area contributed by atoms with Gasteiger partial charge in [0.05, 0.1) is 21.1 Å². The Hall–Kier alpha value is -0.370. The second-order valence-corrected chi connectivity index (χ2v) is 3.15. The molecule has 2 heteroatoms. The van der Waals surface area contributed by atoms with Crippen LogP contribution >= 0.6 is 0 Å². The topological polar surface area (TPSA) is 17.1 Å². The molecule has 0 saturated carbocycles. The standard InChI is InChI=1S/C6H14NO/c1-6(8)5-7(2,3)4/h5H2,1-4H3/q+1. The van der Waals surface area contributed by atoms with Crippen LogP contribution in [0.3, 0.4) is 0 Å². The average Bonchev–Trinajstić information content (AvgIpc) is 1.21. The lowest BCUT2D eigenvalue weighted by Gasteiger charge is -2.21. The van der Waals surface area contributed by atoms with E-state index in [1.165, 1.54) is 0 Å². The zero-order valence-corrected chi connectivity index (χ0v) is 6.06. The molecule has 0 aliphatic carbocycles. The quantitative estimate of drug-likeness (QED) is 0.474. The molecule has 0 spiro atoms. The van der Waals surface area contributed by atoms with Gasteiger partial charge in [-0.15, -0.1) is 0 Å². The molecule has 0 aromatic carbocycles. The van der Waals surface area contributed by atoms with Gasteiger partial charge in [-0.25, -0.2) is 0 Å². The minimum absolute atomic E-state index is 0.248. The highest BCUT2D eigenvalue weighted by molar-refractivity contribution is 5.76. The van der Waals surface area contributed by atoms with Gasteiger partial charge in [-0.05, 0) is 0 Å². The summed E-state index contributed by atoms with van der Waals surface area (Å²) in [6, 6.07) is 0. The maximum absolute atomic E-state index is 10.4. The van der Waals surface area contributed by atoms with Crippen LogP contribution in [0, 0.1) is 0 Å². The summed E-state index contributed by atoms with van der Waals surface area (Å²) in [4.78, 5) is 10.4. The number of Topliss-reactive ketones (excluding diaryl/α,β-unsaturated/α-hetero) is 1. The van der Waals surface area contributed by atoms with Gasteiger partial charge in [0, 0.05) is 6.92 Å². The summed E-state index contributed by atoms with van der Waals surface area (Å²) in [5.74, 6) is 0.248. The Morgan fingerprint density at radius 3 is 1.75 bits per heavy atom. The van der Waals surface area contributed by atoms with E-state index in [9.17, 15) is 4.79 Å². The number of quaternary nitrogens is 1. The maximum atomic E-state index is 10.4. The minimum atomic E-state index is 0.248. The number of hydrogen-bond acceptors (Lipinski definition) is 1. The van der Waals surface area contributed by atoms with E-state index in [0.29, 0.717) is 6.54 Å². The molecular weight excluding hydrogens is 102 g/mol. The van der Waals surface area contributed by atoms with E-state index in [4.69, 9.17) is 0 Å². The van der Waals surface area contributed by atoms with Gasteiger partial charge in [-0.2, -0.15) is 0 Å². The summed E-state index contributed by atoms with van der Waals surface area (Å²) < 4.78 is 0.731. The first kappa shape index (κ1) is 7.63. The van der Waals surface area contributed by atoms with Crippen molar-refractivity contribution in [3.63, 3.8) is 0 Å². The van der Waals surface area contributed by atoms with Gasteiger partial charge in [0.15, 0.2) is 5.78 Å². The lowest BCUT2D eigenvalue weighted by Crippen LogP contribution is -2.38. The van der Waals surface area contributed by atoms with Crippen molar-refractivity contribution in [2.75, 3.05) is 27.7 Å². The zero-order valence-electron chi connectivity index (χ0n) is 6.06. The van der Waals surface area contributed by atoms with Crippen molar-refractivity contribution >= 4 is 5.78 Å². The van der Waals surface area contributed by atoms with E-state index >= 15 is 0 Å². The van der Waals surface area contributed by atoms with Crippen molar-refractivity contribution in [1.82, 2.24) is 0 Å². The molecule has 0 fully saturated rings. The van der Waals surface area contributed by atoms with E-state index in [1.54, 1.807) is 6.92 Å². The molecule has 0 bridgehead atoms. The highest BCUT2D eigenvalue weighted by Crippen LogP contribution is 1.87. The first-order valence-electron chi connectivity index (χ1n) is 2.72. The van der Waals surface area contributed by atoms with Crippen LogP contribution in [0.2, 0.25) is 0 Å². The van der Waals surface area contributed by atoms with Gasteiger partial charge in [0.25, 0.3) is 0 Å². The molecule has 8 heavy (non-hydrogen) atoms. The fourth-order valence-electron chi connectivity index (χ4n) is 0.668. The van der Waals surface area contributed by atoms with Gasteiger partial charge in [0.1, 0.15) is 6.54 Å². The molecule has 0 saturated heterocycles. The van der Waals surface area contributed by atoms with Crippen LogP contribution in [0.4, 0.5) is 0 Å². The monoisotopic (exact) mass is 116 g/mol. The summed E-state index contributed by atoms with van der Waals surface area (Å²) in [6.45, 7) is 2.24. The van der Waals surface area contributed by atoms with Crippen LogP contribution < -0.4 is 0 Å². The normalized spacial score (nSPS) is 11.5. The fraction of sp³-hybridized carbons (Fsp3) is 0.833. The van der Waals surface area contributed by atoms with E-state index in [1.807, 2.05) is 21.1 Å². The molecule has 0 aliphatic rings. The van der Waals surface area contributed by atoms with Crippen molar-refractivity contribution in [3.05, 3.63) is 0 Å². The predicted molar refractivity (Wildman–Crippen MR) is 33.6 cm³/mol. The summed E-state index contributed by atoms with van der Waals surface area (Å²) in [5.41, 5.74) is 0. The lowest BCUT2D eigenvalue weighted by molar-refractivity contribution is -0.862. The Labute approximate surface area is 50.7 Å². The minimum Gasteiger partial charge on any atom is -0.325 e. The number of rotatable bonds is 2. The molecule has 0 aliphatic heterocycles. The maximum Gasteiger partial charge on any atom is 0.183 e. The molecule has 0 heterocycles. The van der Waals surface area contributed by atoms with Crippen molar-refractivity contribution in [3.8, 4) is 0 Å². The first-order chi connectivity index (χ1) is 3.42. The number of carbonyl (C=O) groups excluding carboxylic acids is 1. The average molecular weight is 116 g/mol. The molecule has 48 valence electrons. The Kier molecular flexibility index (Phi) is 2.16. The van der Waals surface area contributed by atoms with E-state index in [-0.39, 0.29) is 5.78 Å². The van der Waals surface area contributed by atoms with Gasteiger partial charge >= 0.3 is 0 Å². The molecular formula is C6H14NO+. The third kappa shape index (κ3) is 5.63. The zero-order chi connectivity index (χ0) is 6.78. The Balaban J connectivity index is 3.55. The molecule has 0 rings (SSSR count). The van der Waals surface area contributed by atoms with Crippen LogP contribution in [0.1, 0.15) is 6.92 Å². The summed E-state index contributed by atoms with van der Waals surface area (Å²) >= 11 is 0. The smallest absolute Gasteiger partial charge is 0.183 e.